The number of para-hydroxylation sites is 1. The normalized spacial score (nSPS) is 23.2. The van der Waals surface area contributed by atoms with Crippen molar-refractivity contribution in [2.75, 3.05) is 17.3 Å². The molecule has 2 aliphatic heterocycles. The zero-order valence-corrected chi connectivity index (χ0v) is 11.7. The molecule has 0 radical (unpaired) electrons. The lowest BCUT2D eigenvalue weighted by Gasteiger charge is -2.31. The molecule has 1 aromatic carbocycles. The fraction of sp³-hybridized carbons (Fsp3) is 0.267. The monoisotopic (exact) mass is 282 g/mol. The van der Waals surface area contributed by atoms with Crippen molar-refractivity contribution >= 4 is 23.3 Å². The molecule has 0 aliphatic carbocycles. The molecule has 2 amide bonds. The van der Waals surface area contributed by atoms with E-state index in [1.54, 1.807) is 18.1 Å². The number of fused-ring (bicyclic) bond motifs is 4. The molecule has 0 fully saturated rings. The topological polar surface area (TPSA) is 78.1 Å². The van der Waals surface area contributed by atoms with Crippen LogP contribution >= 0.6 is 0 Å². The Bertz CT molecular complexity index is 795. The van der Waals surface area contributed by atoms with Crippen molar-refractivity contribution in [1.82, 2.24) is 10.2 Å². The lowest BCUT2D eigenvalue weighted by Crippen LogP contribution is -2.45. The molecule has 0 unspecified atom stereocenters. The minimum Gasteiger partial charge on any atom is -0.314 e. The molecule has 0 saturated heterocycles. The van der Waals surface area contributed by atoms with Crippen LogP contribution in [0.5, 0.6) is 0 Å². The van der Waals surface area contributed by atoms with Crippen molar-refractivity contribution in [3.8, 4) is 0 Å². The van der Waals surface area contributed by atoms with E-state index in [9.17, 15) is 9.59 Å². The van der Waals surface area contributed by atoms with Crippen molar-refractivity contribution in [1.29, 1.82) is 0 Å². The smallest absolute Gasteiger partial charge is 0.242 e. The molecule has 4 rings (SSSR count). The quantitative estimate of drug-likeness (QED) is 0.765. The van der Waals surface area contributed by atoms with E-state index in [0.717, 1.165) is 22.4 Å². The van der Waals surface area contributed by atoms with Gasteiger partial charge in [0.15, 0.2) is 0 Å². The van der Waals surface area contributed by atoms with Crippen molar-refractivity contribution in [2.24, 2.45) is 0 Å². The largest absolute Gasteiger partial charge is 0.314 e. The summed E-state index contributed by atoms with van der Waals surface area (Å²) in [7, 11) is 1.76. The second-order valence-electron chi connectivity index (χ2n) is 5.62. The molecule has 106 valence electrons. The molecule has 0 bridgehead atoms. The number of aromatic amines is 1. The summed E-state index contributed by atoms with van der Waals surface area (Å²) in [4.78, 5) is 26.8. The predicted molar refractivity (Wildman–Crippen MR) is 77.2 cm³/mol. The fourth-order valence-corrected chi connectivity index (χ4v) is 3.61. The number of nitrogens with zero attached hydrogens (tertiary/aromatic N) is 2. The summed E-state index contributed by atoms with van der Waals surface area (Å²) in [6, 6.07) is 5.83. The molecule has 21 heavy (non-hydrogen) atoms. The summed E-state index contributed by atoms with van der Waals surface area (Å²) in [5, 5.41) is 9.51. The van der Waals surface area contributed by atoms with E-state index in [4.69, 9.17) is 0 Å². The number of benzene rings is 1. The molecular weight excluding hydrogens is 268 g/mol. The molecule has 6 heteroatoms. The van der Waals surface area contributed by atoms with Gasteiger partial charge in [0.2, 0.25) is 11.8 Å². The highest BCUT2D eigenvalue weighted by molar-refractivity contribution is 6.15. The number of carbonyl (C=O) groups excluding carboxylic acids is 2. The van der Waals surface area contributed by atoms with E-state index in [2.05, 4.69) is 15.5 Å². The third-order valence-corrected chi connectivity index (χ3v) is 4.49. The third-order valence-electron chi connectivity index (χ3n) is 4.49. The first-order valence-corrected chi connectivity index (χ1v) is 6.77. The van der Waals surface area contributed by atoms with E-state index in [0.29, 0.717) is 5.82 Å². The zero-order chi connectivity index (χ0) is 14.8. The van der Waals surface area contributed by atoms with Crippen LogP contribution in [0, 0.1) is 6.92 Å². The van der Waals surface area contributed by atoms with Gasteiger partial charge in [-0.1, -0.05) is 18.2 Å². The molecule has 3 heterocycles. The minimum atomic E-state index is -0.958. The van der Waals surface area contributed by atoms with Crippen molar-refractivity contribution in [2.45, 2.75) is 18.8 Å². The minimum absolute atomic E-state index is 0.0794. The number of nitrogens with one attached hydrogen (secondary N) is 2. The Balaban J connectivity index is 2.09. The Kier molecular flexibility index (Phi) is 2.15. The Labute approximate surface area is 121 Å². The van der Waals surface area contributed by atoms with Crippen LogP contribution < -0.4 is 10.2 Å². The van der Waals surface area contributed by atoms with Gasteiger partial charge in [-0.25, -0.2) is 0 Å². The van der Waals surface area contributed by atoms with Gasteiger partial charge < -0.3 is 10.2 Å². The molecule has 0 saturated carbocycles. The van der Waals surface area contributed by atoms with E-state index in [1.165, 1.54) is 0 Å². The van der Waals surface area contributed by atoms with Gasteiger partial charge in [-0.3, -0.25) is 14.7 Å². The average molecular weight is 282 g/mol. The lowest BCUT2D eigenvalue weighted by atomic mass is 9.71. The number of carbonyl (C=O) groups is 2. The van der Waals surface area contributed by atoms with E-state index >= 15 is 0 Å². The SMILES string of the molecule is Cc1cccc2c1N(C)C(=O)[C@]21CC(=O)Nc2[nH]ncc21. The standard InChI is InChI=1S/C15H14N4O2/c1-8-4-3-5-9-12(8)19(2)14(21)15(9)6-11(20)17-13-10(15)7-16-18-13/h3-5,7H,6H2,1-2H3,(H2,16,17,18,20)/t15-/m1/s1. The first kappa shape index (κ1) is 12.1. The maximum atomic E-state index is 13.0. The van der Waals surface area contributed by atoms with Crippen LogP contribution in [0.1, 0.15) is 23.1 Å². The third kappa shape index (κ3) is 1.29. The van der Waals surface area contributed by atoms with Crippen LogP contribution in [0.3, 0.4) is 0 Å². The van der Waals surface area contributed by atoms with Crippen LogP contribution in [-0.4, -0.2) is 29.1 Å². The fourth-order valence-electron chi connectivity index (χ4n) is 3.61. The summed E-state index contributed by atoms with van der Waals surface area (Å²) < 4.78 is 0. The van der Waals surface area contributed by atoms with Gasteiger partial charge in [0.1, 0.15) is 11.2 Å². The zero-order valence-electron chi connectivity index (χ0n) is 11.7. The average Bonchev–Trinajstić information content (AvgIpc) is 2.99. The van der Waals surface area contributed by atoms with Crippen LogP contribution in [0.15, 0.2) is 24.4 Å². The first-order chi connectivity index (χ1) is 10.1. The Morgan fingerprint density at radius 2 is 2.10 bits per heavy atom. The van der Waals surface area contributed by atoms with Crippen LogP contribution in [0.2, 0.25) is 0 Å². The number of aryl methyl sites for hydroxylation is 1. The Morgan fingerprint density at radius 3 is 2.90 bits per heavy atom. The number of likely N-dealkylation sites (N-methyl/N-ethyl adjacent to an activating group) is 1. The number of aromatic nitrogens is 2. The molecule has 2 aliphatic rings. The van der Waals surface area contributed by atoms with Gasteiger partial charge in [-0.15, -0.1) is 0 Å². The van der Waals surface area contributed by atoms with Gasteiger partial charge in [0, 0.05) is 19.0 Å². The number of hydrogen-bond donors (Lipinski definition) is 2. The summed E-state index contributed by atoms with van der Waals surface area (Å²) in [6.07, 6.45) is 1.75. The van der Waals surface area contributed by atoms with Crippen LogP contribution in [0.25, 0.3) is 0 Å². The van der Waals surface area contributed by atoms with E-state index in [-0.39, 0.29) is 18.2 Å². The van der Waals surface area contributed by atoms with Gasteiger partial charge >= 0.3 is 0 Å². The number of hydrogen-bond acceptors (Lipinski definition) is 3. The van der Waals surface area contributed by atoms with Crippen LogP contribution in [-0.2, 0) is 15.0 Å². The molecule has 2 aromatic rings. The number of amides is 2. The summed E-state index contributed by atoms with van der Waals surface area (Å²) in [5.41, 5.74) is 2.58. The van der Waals surface area contributed by atoms with Crippen molar-refractivity contribution < 1.29 is 9.59 Å². The van der Waals surface area contributed by atoms with Crippen LogP contribution in [0.4, 0.5) is 11.5 Å². The summed E-state index contributed by atoms with van der Waals surface area (Å²) in [5.74, 6) is 0.259. The lowest BCUT2D eigenvalue weighted by molar-refractivity contribution is -0.126. The van der Waals surface area contributed by atoms with Crippen molar-refractivity contribution in [3.63, 3.8) is 0 Å². The summed E-state index contributed by atoms with van der Waals surface area (Å²) >= 11 is 0. The summed E-state index contributed by atoms with van der Waals surface area (Å²) in [6.45, 7) is 1.97. The predicted octanol–water partition coefficient (Wildman–Crippen LogP) is 1.32. The van der Waals surface area contributed by atoms with Gasteiger partial charge in [-0.2, -0.15) is 5.10 Å². The molecule has 2 N–H and O–H groups in total. The van der Waals surface area contributed by atoms with Gasteiger partial charge in [0.25, 0.3) is 0 Å². The second-order valence-corrected chi connectivity index (χ2v) is 5.62. The Hall–Kier alpha value is -2.63. The number of rotatable bonds is 0. The molecule has 1 aromatic heterocycles. The maximum absolute atomic E-state index is 13.0. The molecule has 1 atom stereocenters. The van der Waals surface area contributed by atoms with Gasteiger partial charge in [0.05, 0.1) is 11.9 Å². The van der Waals surface area contributed by atoms with Crippen molar-refractivity contribution in [3.05, 3.63) is 41.1 Å². The van der Waals surface area contributed by atoms with E-state index in [1.807, 2.05) is 25.1 Å². The molecule has 1 spiro atoms. The highest BCUT2D eigenvalue weighted by Gasteiger charge is 2.56. The maximum Gasteiger partial charge on any atom is 0.242 e. The van der Waals surface area contributed by atoms with Gasteiger partial charge in [-0.05, 0) is 18.1 Å². The highest BCUT2D eigenvalue weighted by Crippen LogP contribution is 2.51. The highest BCUT2D eigenvalue weighted by atomic mass is 16.2. The number of H-pyrrole nitrogens is 1. The van der Waals surface area contributed by atoms with E-state index < -0.39 is 5.41 Å². The number of anilines is 2. The molecule has 6 nitrogen and oxygen atoms in total. The molecular formula is C15H14N4O2. The first-order valence-electron chi connectivity index (χ1n) is 6.77. The second kappa shape index (κ2) is 3.72. The Morgan fingerprint density at radius 1 is 1.29 bits per heavy atom.